The van der Waals surface area contributed by atoms with Crippen LogP contribution in [0.3, 0.4) is 0 Å². The van der Waals surface area contributed by atoms with Gasteiger partial charge in [0, 0.05) is 29.4 Å². The molecule has 6 heteroatoms. The molecule has 2 aromatic carbocycles. The number of rotatable bonds is 11. The quantitative estimate of drug-likeness (QED) is 0.394. The maximum atomic E-state index is 13.0. The van der Waals surface area contributed by atoms with E-state index >= 15 is 0 Å². The van der Waals surface area contributed by atoms with Gasteiger partial charge in [-0.3, -0.25) is 9.59 Å². The summed E-state index contributed by atoms with van der Waals surface area (Å²) in [7, 11) is 0. The second kappa shape index (κ2) is 12.6. The summed E-state index contributed by atoms with van der Waals surface area (Å²) in [6, 6.07) is 17.1. The fraction of sp³-hybridized carbons (Fsp3) is 0.391. The van der Waals surface area contributed by atoms with E-state index in [0.717, 1.165) is 27.7 Å². The van der Waals surface area contributed by atoms with Crippen LogP contribution in [0.1, 0.15) is 38.7 Å². The second-order valence-electron chi connectivity index (χ2n) is 6.73. The Morgan fingerprint density at radius 1 is 1.07 bits per heavy atom. The Kier molecular flexibility index (Phi) is 10.1. The fourth-order valence-electron chi connectivity index (χ4n) is 3.08. The number of nitrogens with zero attached hydrogens (tertiary/aromatic N) is 1. The van der Waals surface area contributed by atoms with Gasteiger partial charge in [0.1, 0.15) is 6.04 Å². The van der Waals surface area contributed by atoms with E-state index in [1.807, 2.05) is 68.4 Å². The Bertz CT molecular complexity index is 768. The van der Waals surface area contributed by atoms with Crippen molar-refractivity contribution in [2.75, 3.05) is 12.3 Å². The van der Waals surface area contributed by atoms with E-state index in [4.69, 9.17) is 11.6 Å². The van der Waals surface area contributed by atoms with Crippen LogP contribution >= 0.6 is 23.4 Å². The van der Waals surface area contributed by atoms with Crippen LogP contribution in [0.25, 0.3) is 0 Å². The number of benzene rings is 2. The van der Waals surface area contributed by atoms with Gasteiger partial charge in [-0.25, -0.2) is 0 Å². The van der Waals surface area contributed by atoms with E-state index in [9.17, 15) is 9.59 Å². The SMILES string of the molecule is CCNC(=O)[C@H](CC)N(Cc1ccccc1)C(=O)CCCSc1ccc(Cl)cc1. The topological polar surface area (TPSA) is 49.4 Å². The largest absolute Gasteiger partial charge is 0.355 e. The van der Waals surface area contributed by atoms with Gasteiger partial charge in [0.05, 0.1) is 0 Å². The van der Waals surface area contributed by atoms with Crippen molar-refractivity contribution in [1.82, 2.24) is 10.2 Å². The van der Waals surface area contributed by atoms with Gasteiger partial charge in [0.2, 0.25) is 11.8 Å². The first-order valence-electron chi connectivity index (χ1n) is 10.0. The maximum absolute atomic E-state index is 13.0. The lowest BCUT2D eigenvalue weighted by Gasteiger charge is -2.30. The molecule has 0 aliphatic rings. The number of nitrogens with one attached hydrogen (secondary N) is 1. The highest BCUT2D eigenvalue weighted by molar-refractivity contribution is 7.99. The van der Waals surface area contributed by atoms with Crippen LogP contribution in [0.5, 0.6) is 0 Å². The Morgan fingerprint density at radius 2 is 1.76 bits per heavy atom. The molecule has 0 unspecified atom stereocenters. The zero-order valence-corrected chi connectivity index (χ0v) is 18.6. The van der Waals surface area contributed by atoms with Crippen molar-refractivity contribution in [3.05, 3.63) is 65.2 Å². The van der Waals surface area contributed by atoms with Crippen molar-refractivity contribution in [3.8, 4) is 0 Å². The average Bonchev–Trinajstić information content (AvgIpc) is 2.73. The zero-order valence-electron chi connectivity index (χ0n) is 17.1. The molecule has 1 N–H and O–H groups in total. The van der Waals surface area contributed by atoms with Gasteiger partial charge in [-0.15, -0.1) is 11.8 Å². The van der Waals surface area contributed by atoms with Gasteiger partial charge in [-0.05, 0) is 55.3 Å². The van der Waals surface area contributed by atoms with Gasteiger partial charge in [-0.2, -0.15) is 0 Å². The Balaban J connectivity index is 1.98. The van der Waals surface area contributed by atoms with Crippen LogP contribution in [0.15, 0.2) is 59.5 Å². The van der Waals surface area contributed by atoms with Gasteiger partial charge < -0.3 is 10.2 Å². The molecule has 29 heavy (non-hydrogen) atoms. The average molecular weight is 433 g/mol. The Morgan fingerprint density at radius 3 is 2.38 bits per heavy atom. The van der Waals surface area contributed by atoms with Crippen LogP contribution in [0.4, 0.5) is 0 Å². The number of halogens is 1. The normalized spacial score (nSPS) is 11.7. The standard InChI is InChI=1S/C23H29ClN2O2S/c1-3-21(23(28)25-4-2)26(17-18-9-6-5-7-10-18)22(27)11-8-16-29-20-14-12-19(24)13-15-20/h5-7,9-10,12-15,21H,3-4,8,11,16-17H2,1-2H3,(H,25,28)/t21-/m0/s1. The first kappa shape index (κ1) is 23.3. The molecule has 2 amide bonds. The number of amides is 2. The Labute approximate surface area is 183 Å². The molecule has 0 aromatic heterocycles. The molecule has 0 heterocycles. The molecule has 0 saturated carbocycles. The minimum atomic E-state index is -0.452. The molecular weight excluding hydrogens is 404 g/mol. The van der Waals surface area contributed by atoms with Crippen molar-refractivity contribution in [2.45, 2.75) is 50.6 Å². The van der Waals surface area contributed by atoms with Gasteiger partial charge in [0.15, 0.2) is 0 Å². The fourth-order valence-corrected chi connectivity index (χ4v) is 4.06. The summed E-state index contributed by atoms with van der Waals surface area (Å²) in [6.45, 7) is 4.84. The summed E-state index contributed by atoms with van der Waals surface area (Å²) in [5.41, 5.74) is 1.03. The van der Waals surface area contributed by atoms with E-state index in [0.29, 0.717) is 25.9 Å². The minimum absolute atomic E-state index is 0.0173. The van der Waals surface area contributed by atoms with Crippen LogP contribution in [0.2, 0.25) is 5.02 Å². The number of thioether (sulfide) groups is 1. The van der Waals surface area contributed by atoms with E-state index in [-0.39, 0.29) is 11.8 Å². The summed E-state index contributed by atoms with van der Waals surface area (Å²) in [5, 5.41) is 3.58. The van der Waals surface area contributed by atoms with Crippen molar-refractivity contribution < 1.29 is 9.59 Å². The molecule has 0 aliphatic heterocycles. The molecule has 156 valence electrons. The molecule has 0 radical (unpaired) electrons. The first-order chi connectivity index (χ1) is 14.0. The number of hydrogen-bond donors (Lipinski definition) is 1. The molecule has 0 fully saturated rings. The van der Waals surface area contributed by atoms with E-state index in [2.05, 4.69) is 5.32 Å². The third-order valence-electron chi connectivity index (χ3n) is 4.55. The summed E-state index contributed by atoms with van der Waals surface area (Å²) >= 11 is 7.62. The lowest BCUT2D eigenvalue weighted by Crippen LogP contribution is -2.49. The third kappa shape index (κ3) is 7.75. The van der Waals surface area contributed by atoms with Crippen LogP contribution in [-0.4, -0.2) is 35.1 Å². The highest BCUT2D eigenvalue weighted by Gasteiger charge is 2.27. The Hall–Kier alpha value is -1.98. The third-order valence-corrected chi connectivity index (χ3v) is 5.90. The summed E-state index contributed by atoms with van der Waals surface area (Å²) in [4.78, 5) is 28.4. The molecule has 1 atom stereocenters. The molecule has 2 rings (SSSR count). The number of carbonyl (C=O) groups is 2. The molecule has 0 saturated heterocycles. The van der Waals surface area contributed by atoms with Gasteiger partial charge in [0.25, 0.3) is 0 Å². The minimum Gasteiger partial charge on any atom is -0.355 e. The predicted octanol–water partition coefficient (Wildman–Crippen LogP) is 5.16. The maximum Gasteiger partial charge on any atom is 0.242 e. The molecule has 0 bridgehead atoms. The van der Waals surface area contributed by atoms with Crippen LogP contribution in [-0.2, 0) is 16.1 Å². The van der Waals surface area contributed by atoms with Crippen LogP contribution in [0, 0.1) is 0 Å². The van der Waals surface area contributed by atoms with Crippen molar-refractivity contribution in [2.24, 2.45) is 0 Å². The molecular formula is C23H29ClN2O2S. The number of likely N-dealkylation sites (N-methyl/N-ethyl adjacent to an activating group) is 1. The summed E-state index contributed by atoms with van der Waals surface area (Å²) in [5.74, 6) is 0.767. The van der Waals surface area contributed by atoms with Crippen molar-refractivity contribution in [1.29, 1.82) is 0 Å². The monoisotopic (exact) mass is 432 g/mol. The predicted molar refractivity (Wildman–Crippen MR) is 121 cm³/mol. The molecule has 0 spiro atoms. The van der Waals surface area contributed by atoms with E-state index in [1.165, 1.54) is 0 Å². The molecule has 2 aromatic rings. The van der Waals surface area contributed by atoms with Crippen molar-refractivity contribution >= 4 is 35.2 Å². The highest BCUT2D eigenvalue weighted by atomic mass is 35.5. The molecule has 4 nitrogen and oxygen atoms in total. The first-order valence-corrected chi connectivity index (χ1v) is 11.4. The summed E-state index contributed by atoms with van der Waals surface area (Å²) in [6.07, 6.45) is 1.76. The van der Waals surface area contributed by atoms with Crippen LogP contribution < -0.4 is 5.32 Å². The molecule has 0 aliphatic carbocycles. The van der Waals surface area contributed by atoms with E-state index in [1.54, 1.807) is 16.7 Å². The van der Waals surface area contributed by atoms with E-state index < -0.39 is 6.04 Å². The smallest absolute Gasteiger partial charge is 0.242 e. The van der Waals surface area contributed by atoms with Crippen molar-refractivity contribution in [3.63, 3.8) is 0 Å². The lowest BCUT2D eigenvalue weighted by molar-refractivity contribution is -0.141. The number of carbonyl (C=O) groups excluding carboxylic acids is 2. The van der Waals surface area contributed by atoms with Gasteiger partial charge >= 0.3 is 0 Å². The summed E-state index contributed by atoms with van der Waals surface area (Å²) < 4.78 is 0. The van der Waals surface area contributed by atoms with Gasteiger partial charge in [-0.1, -0.05) is 48.9 Å². The highest BCUT2D eigenvalue weighted by Crippen LogP contribution is 2.22. The second-order valence-corrected chi connectivity index (χ2v) is 8.34. The number of hydrogen-bond acceptors (Lipinski definition) is 3. The zero-order chi connectivity index (χ0) is 21.1. The lowest BCUT2D eigenvalue weighted by atomic mass is 10.1.